The molecule has 0 radical (unpaired) electrons. The molecule has 0 amide bonds. The molecule has 0 atom stereocenters. The van der Waals surface area contributed by atoms with Gasteiger partial charge in [-0.15, -0.1) is 11.3 Å². The summed E-state index contributed by atoms with van der Waals surface area (Å²) >= 11 is 8.85. The fourth-order valence-electron chi connectivity index (χ4n) is 2.26. The molecule has 17 heavy (non-hydrogen) atoms. The average Bonchev–Trinajstić information content (AvgIpc) is 2.50. The van der Waals surface area contributed by atoms with Crippen LogP contribution >= 0.6 is 43.2 Å². The second-order valence-electron chi connectivity index (χ2n) is 4.91. The number of hydrogen-bond donors (Lipinski definition) is 1. The van der Waals surface area contributed by atoms with Gasteiger partial charge in [0.05, 0.1) is 3.79 Å². The van der Waals surface area contributed by atoms with E-state index in [0.717, 1.165) is 17.6 Å². The molecule has 5 heteroatoms. The van der Waals surface area contributed by atoms with Crippen LogP contribution in [-0.4, -0.2) is 31.1 Å². The summed E-state index contributed by atoms with van der Waals surface area (Å²) in [6.45, 7) is 2.05. The zero-order valence-electron chi connectivity index (χ0n) is 10.2. The van der Waals surface area contributed by atoms with Gasteiger partial charge >= 0.3 is 0 Å². The lowest BCUT2D eigenvalue weighted by Gasteiger charge is -2.47. The summed E-state index contributed by atoms with van der Waals surface area (Å²) in [5, 5.41) is 3.59. The van der Waals surface area contributed by atoms with E-state index in [1.165, 1.54) is 27.9 Å². The maximum Gasteiger partial charge on any atom is 0.0843 e. The molecule has 1 fully saturated rings. The van der Waals surface area contributed by atoms with Gasteiger partial charge < -0.3 is 10.2 Å². The first kappa shape index (κ1) is 14.0. The minimum Gasteiger partial charge on any atom is -0.310 e. The van der Waals surface area contributed by atoms with Crippen molar-refractivity contribution in [3.8, 4) is 0 Å². The Kier molecular flexibility index (Phi) is 4.69. The molecule has 1 heterocycles. The van der Waals surface area contributed by atoms with Crippen molar-refractivity contribution in [1.29, 1.82) is 0 Å². The van der Waals surface area contributed by atoms with Crippen LogP contribution in [0.3, 0.4) is 0 Å². The number of rotatable bonds is 5. The van der Waals surface area contributed by atoms with Gasteiger partial charge in [0.15, 0.2) is 0 Å². The van der Waals surface area contributed by atoms with Gasteiger partial charge in [-0.1, -0.05) is 0 Å². The Balaban J connectivity index is 1.83. The minimum atomic E-state index is 0.408. The Labute approximate surface area is 124 Å². The summed E-state index contributed by atoms with van der Waals surface area (Å²) in [6, 6.07) is 2.19. The maximum atomic E-state index is 3.59. The van der Waals surface area contributed by atoms with Gasteiger partial charge in [0.1, 0.15) is 0 Å². The fourth-order valence-corrected chi connectivity index (χ4v) is 4.41. The standard InChI is InChI=1S/C12H18Br2N2S/c1-16(2)12(4-3-5-12)8-15-7-9-6-10(13)11(14)17-9/h6,15H,3-5,7-8H2,1-2H3. The van der Waals surface area contributed by atoms with Gasteiger partial charge in [-0.2, -0.15) is 0 Å². The highest BCUT2D eigenvalue weighted by atomic mass is 79.9. The number of nitrogens with one attached hydrogen (secondary N) is 1. The van der Waals surface area contributed by atoms with Gasteiger partial charge in [0.2, 0.25) is 0 Å². The van der Waals surface area contributed by atoms with Gasteiger partial charge in [0.25, 0.3) is 0 Å². The highest BCUT2D eigenvalue weighted by Gasteiger charge is 2.38. The molecule has 0 aromatic carbocycles. The Morgan fingerprint density at radius 1 is 1.41 bits per heavy atom. The third kappa shape index (κ3) is 3.13. The zero-order chi connectivity index (χ0) is 12.5. The molecule has 2 rings (SSSR count). The van der Waals surface area contributed by atoms with Gasteiger partial charge in [0, 0.05) is 28.0 Å². The molecular weight excluding hydrogens is 364 g/mol. The molecule has 1 aliphatic rings. The maximum absolute atomic E-state index is 3.59. The molecule has 0 unspecified atom stereocenters. The fraction of sp³-hybridized carbons (Fsp3) is 0.667. The Hall–Kier alpha value is 0.580. The number of nitrogens with zero attached hydrogens (tertiary/aromatic N) is 1. The SMILES string of the molecule is CN(C)C1(CNCc2cc(Br)c(Br)s2)CCC1. The van der Waals surface area contributed by atoms with E-state index >= 15 is 0 Å². The first-order valence-corrected chi connectivity index (χ1v) is 8.26. The van der Waals surface area contributed by atoms with E-state index in [4.69, 9.17) is 0 Å². The van der Waals surface area contributed by atoms with E-state index in [1.807, 2.05) is 0 Å². The Morgan fingerprint density at radius 2 is 2.12 bits per heavy atom. The van der Waals surface area contributed by atoms with Gasteiger partial charge in [-0.3, -0.25) is 0 Å². The van der Waals surface area contributed by atoms with Crippen LogP contribution in [0, 0.1) is 0 Å². The first-order valence-electron chi connectivity index (χ1n) is 5.85. The molecule has 1 aromatic heterocycles. The van der Waals surface area contributed by atoms with Crippen LogP contribution in [0.5, 0.6) is 0 Å². The summed E-state index contributed by atoms with van der Waals surface area (Å²) in [5.41, 5.74) is 0.408. The van der Waals surface area contributed by atoms with Gasteiger partial charge in [-0.05, 0) is 71.3 Å². The second kappa shape index (κ2) is 5.70. The molecule has 0 aliphatic heterocycles. The summed E-state index contributed by atoms with van der Waals surface area (Å²) in [5.74, 6) is 0. The van der Waals surface area contributed by atoms with Crippen LogP contribution in [0.15, 0.2) is 14.3 Å². The molecule has 2 nitrogen and oxygen atoms in total. The molecular formula is C12H18Br2N2S. The first-order chi connectivity index (χ1) is 8.03. The van der Waals surface area contributed by atoms with Crippen LogP contribution in [0.2, 0.25) is 0 Å². The highest BCUT2D eigenvalue weighted by molar-refractivity contribution is 9.13. The van der Waals surface area contributed by atoms with Crippen molar-refractivity contribution >= 4 is 43.2 Å². The van der Waals surface area contributed by atoms with Gasteiger partial charge in [-0.25, -0.2) is 0 Å². The summed E-state index contributed by atoms with van der Waals surface area (Å²) in [4.78, 5) is 3.75. The van der Waals surface area contributed by atoms with E-state index in [0.29, 0.717) is 5.54 Å². The van der Waals surface area contributed by atoms with E-state index in [1.54, 1.807) is 11.3 Å². The lowest BCUT2D eigenvalue weighted by molar-refractivity contribution is 0.0599. The highest BCUT2D eigenvalue weighted by Crippen LogP contribution is 2.36. The molecule has 0 saturated heterocycles. The third-order valence-electron chi connectivity index (χ3n) is 3.68. The van der Waals surface area contributed by atoms with E-state index in [9.17, 15) is 0 Å². The van der Waals surface area contributed by atoms with Crippen molar-refractivity contribution in [3.05, 3.63) is 19.2 Å². The monoisotopic (exact) mass is 380 g/mol. The largest absolute Gasteiger partial charge is 0.310 e. The number of thiophene rings is 1. The average molecular weight is 382 g/mol. The second-order valence-corrected chi connectivity index (χ2v) is 8.22. The van der Waals surface area contributed by atoms with Crippen LogP contribution in [-0.2, 0) is 6.54 Å². The van der Waals surface area contributed by atoms with Crippen LogP contribution < -0.4 is 5.32 Å². The Morgan fingerprint density at radius 3 is 2.53 bits per heavy atom. The molecule has 96 valence electrons. The van der Waals surface area contributed by atoms with Crippen LogP contribution in [0.25, 0.3) is 0 Å². The predicted octanol–water partition coefficient (Wildman–Crippen LogP) is 3.85. The van der Waals surface area contributed by atoms with Crippen molar-refractivity contribution in [2.75, 3.05) is 20.6 Å². The van der Waals surface area contributed by atoms with Crippen LogP contribution in [0.1, 0.15) is 24.1 Å². The molecule has 1 aromatic rings. The lowest BCUT2D eigenvalue weighted by Crippen LogP contribution is -2.56. The predicted molar refractivity (Wildman–Crippen MR) is 81.7 cm³/mol. The summed E-state index contributed by atoms with van der Waals surface area (Å²) in [7, 11) is 4.39. The molecule has 1 aliphatic carbocycles. The normalized spacial score (nSPS) is 18.4. The summed E-state index contributed by atoms with van der Waals surface area (Å²) < 4.78 is 2.34. The Bertz CT molecular complexity index is 366. The van der Waals surface area contributed by atoms with Crippen molar-refractivity contribution < 1.29 is 0 Å². The van der Waals surface area contributed by atoms with E-state index < -0.39 is 0 Å². The number of halogens is 2. The lowest BCUT2D eigenvalue weighted by atomic mass is 9.75. The van der Waals surface area contributed by atoms with Crippen molar-refractivity contribution in [3.63, 3.8) is 0 Å². The quantitative estimate of drug-likeness (QED) is 0.833. The molecule has 0 spiro atoms. The smallest absolute Gasteiger partial charge is 0.0843 e. The van der Waals surface area contributed by atoms with Crippen molar-refractivity contribution in [2.45, 2.75) is 31.3 Å². The number of likely N-dealkylation sites (N-methyl/N-ethyl adjacent to an activating group) is 1. The molecule has 0 bridgehead atoms. The molecule has 1 N–H and O–H groups in total. The van der Waals surface area contributed by atoms with Crippen molar-refractivity contribution in [1.82, 2.24) is 10.2 Å². The topological polar surface area (TPSA) is 15.3 Å². The third-order valence-corrected chi connectivity index (χ3v) is 6.94. The van der Waals surface area contributed by atoms with Crippen molar-refractivity contribution in [2.24, 2.45) is 0 Å². The van der Waals surface area contributed by atoms with E-state index in [2.05, 4.69) is 62.2 Å². The zero-order valence-corrected chi connectivity index (χ0v) is 14.2. The summed E-state index contributed by atoms with van der Waals surface area (Å²) in [6.07, 6.45) is 4.02. The van der Waals surface area contributed by atoms with Crippen LogP contribution in [0.4, 0.5) is 0 Å². The number of hydrogen-bond acceptors (Lipinski definition) is 3. The minimum absolute atomic E-state index is 0.408. The molecule has 1 saturated carbocycles. The van der Waals surface area contributed by atoms with E-state index in [-0.39, 0.29) is 0 Å².